The maximum atomic E-state index is 10.0. The Morgan fingerprint density at radius 1 is 1.05 bits per heavy atom. The first-order valence-electron chi connectivity index (χ1n) is 6.37. The van der Waals surface area contributed by atoms with Crippen LogP contribution in [-0.4, -0.2) is 22.9 Å². The van der Waals surface area contributed by atoms with Crippen molar-refractivity contribution in [2.24, 2.45) is 0 Å². The lowest BCUT2D eigenvalue weighted by Gasteiger charge is -2.15. The molecule has 0 saturated carbocycles. The maximum Gasteiger partial charge on any atom is 0.123 e. The summed E-state index contributed by atoms with van der Waals surface area (Å²) >= 11 is 0. The van der Waals surface area contributed by atoms with Gasteiger partial charge in [0.2, 0.25) is 0 Å². The van der Waals surface area contributed by atoms with E-state index < -0.39 is 6.10 Å². The average Bonchev–Trinajstić information content (AvgIpc) is 2.40. The lowest BCUT2D eigenvalue weighted by atomic mass is 10.0. The third kappa shape index (κ3) is 3.13. The molecule has 0 bridgehead atoms. The summed E-state index contributed by atoms with van der Waals surface area (Å²) in [4.78, 5) is 0. The minimum absolute atomic E-state index is 0.130. The number of nitrogens with two attached hydrogens (primary N) is 2. The van der Waals surface area contributed by atoms with Gasteiger partial charge in [-0.05, 0) is 43.3 Å². The van der Waals surface area contributed by atoms with E-state index in [-0.39, 0.29) is 5.75 Å². The normalized spacial score (nSPS) is 12.1. The van der Waals surface area contributed by atoms with E-state index in [0.717, 1.165) is 11.3 Å². The summed E-state index contributed by atoms with van der Waals surface area (Å²) in [5.74, 6) is 0.130. The smallest absolute Gasteiger partial charge is 0.123 e. The quantitative estimate of drug-likeness (QED) is 0.433. The molecule has 0 heterocycles. The zero-order valence-corrected chi connectivity index (χ0v) is 11.3. The van der Waals surface area contributed by atoms with Crippen LogP contribution in [0.3, 0.4) is 0 Å². The number of anilines is 3. The van der Waals surface area contributed by atoms with Crippen LogP contribution in [0.1, 0.15) is 6.92 Å². The van der Waals surface area contributed by atoms with E-state index in [2.05, 4.69) is 5.32 Å². The summed E-state index contributed by atoms with van der Waals surface area (Å²) in [6.45, 7) is 2.10. The molecule has 0 aliphatic rings. The van der Waals surface area contributed by atoms with Gasteiger partial charge in [-0.15, -0.1) is 0 Å². The summed E-state index contributed by atoms with van der Waals surface area (Å²) in [5.41, 5.74) is 14.9. The number of phenols is 1. The van der Waals surface area contributed by atoms with Gasteiger partial charge in [-0.3, -0.25) is 0 Å². The number of hydrogen-bond acceptors (Lipinski definition) is 5. The van der Waals surface area contributed by atoms with Gasteiger partial charge in [0.1, 0.15) is 5.75 Å². The second kappa shape index (κ2) is 5.71. The zero-order chi connectivity index (χ0) is 14.7. The minimum atomic E-state index is -0.477. The van der Waals surface area contributed by atoms with Crippen LogP contribution in [0.15, 0.2) is 36.4 Å². The van der Waals surface area contributed by atoms with Crippen LogP contribution in [0.2, 0.25) is 0 Å². The molecule has 0 aliphatic heterocycles. The number of hydrogen-bond donors (Lipinski definition) is 5. The number of aliphatic hydroxyl groups is 1. The topological polar surface area (TPSA) is 105 Å². The second-order valence-corrected chi connectivity index (χ2v) is 4.81. The van der Waals surface area contributed by atoms with Crippen LogP contribution in [0.25, 0.3) is 11.1 Å². The largest absolute Gasteiger partial charge is 0.507 e. The van der Waals surface area contributed by atoms with Gasteiger partial charge in [-0.25, -0.2) is 0 Å². The number of rotatable bonds is 4. The first-order chi connectivity index (χ1) is 9.47. The molecule has 0 fully saturated rings. The monoisotopic (exact) mass is 273 g/mol. The van der Waals surface area contributed by atoms with Crippen LogP contribution >= 0.6 is 0 Å². The van der Waals surface area contributed by atoms with E-state index in [1.54, 1.807) is 37.3 Å². The van der Waals surface area contributed by atoms with Crippen molar-refractivity contribution in [3.63, 3.8) is 0 Å². The molecular formula is C15H19N3O2. The standard InChI is InChI=1S/C15H19N3O2/c1-9(19)8-18-14-4-2-10(16)6-12(14)13-7-11(17)3-5-15(13)20/h2-7,9,18-20H,8,16-17H2,1H3. The minimum Gasteiger partial charge on any atom is -0.507 e. The van der Waals surface area contributed by atoms with Gasteiger partial charge >= 0.3 is 0 Å². The van der Waals surface area contributed by atoms with Crippen molar-refractivity contribution in [1.29, 1.82) is 0 Å². The van der Waals surface area contributed by atoms with Gasteiger partial charge in [0, 0.05) is 34.7 Å². The van der Waals surface area contributed by atoms with Gasteiger partial charge in [0.15, 0.2) is 0 Å². The van der Waals surface area contributed by atoms with Crippen LogP contribution < -0.4 is 16.8 Å². The van der Waals surface area contributed by atoms with Crippen molar-refractivity contribution in [2.75, 3.05) is 23.3 Å². The Kier molecular flexibility index (Phi) is 4.00. The van der Waals surface area contributed by atoms with Crippen LogP contribution in [0, 0.1) is 0 Å². The van der Waals surface area contributed by atoms with Crippen LogP contribution in [0.5, 0.6) is 5.75 Å². The summed E-state index contributed by atoms with van der Waals surface area (Å²) in [7, 11) is 0. The fraction of sp³-hybridized carbons (Fsp3) is 0.200. The molecule has 20 heavy (non-hydrogen) atoms. The maximum absolute atomic E-state index is 10.0. The molecule has 0 saturated heterocycles. The molecule has 7 N–H and O–H groups in total. The lowest BCUT2D eigenvalue weighted by molar-refractivity contribution is 0.208. The number of aromatic hydroxyl groups is 1. The molecule has 0 aliphatic carbocycles. The van der Waals surface area contributed by atoms with Crippen molar-refractivity contribution in [3.05, 3.63) is 36.4 Å². The van der Waals surface area contributed by atoms with Crippen molar-refractivity contribution in [1.82, 2.24) is 0 Å². The van der Waals surface area contributed by atoms with E-state index in [4.69, 9.17) is 11.5 Å². The molecule has 1 atom stereocenters. The Labute approximate surface area is 117 Å². The Hall–Kier alpha value is -2.40. The predicted molar refractivity (Wildman–Crippen MR) is 82.5 cm³/mol. The number of phenolic OH excluding ortho intramolecular Hbond substituents is 1. The van der Waals surface area contributed by atoms with E-state index in [9.17, 15) is 10.2 Å². The average molecular weight is 273 g/mol. The number of aliphatic hydroxyl groups excluding tert-OH is 1. The Balaban J connectivity index is 2.48. The van der Waals surface area contributed by atoms with Crippen molar-refractivity contribution >= 4 is 17.1 Å². The summed E-state index contributed by atoms with van der Waals surface area (Å²) < 4.78 is 0. The number of nitrogens with one attached hydrogen (secondary N) is 1. The van der Waals surface area contributed by atoms with Gasteiger partial charge < -0.3 is 27.0 Å². The fourth-order valence-corrected chi connectivity index (χ4v) is 1.97. The fourth-order valence-electron chi connectivity index (χ4n) is 1.97. The van der Waals surface area contributed by atoms with E-state index in [1.165, 1.54) is 0 Å². The molecule has 2 rings (SSSR count). The molecule has 0 aromatic heterocycles. The highest BCUT2D eigenvalue weighted by atomic mass is 16.3. The van der Waals surface area contributed by atoms with Crippen LogP contribution in [-0.2, 0) is 0 Å². The van der Waals surface area contributed by atoms with Crippen molar-refractivity contribution < 1.29 is 10.2 Å². The van der Waals surface area contributed by atoms with Gasteiger partial charge in [-0.2, -0.15) is 0 Å². The number of nitrogen functional groups attached to an aromatic ring is 2. The molecule has 2 aromatic carbocycles. The first-order valence-corrected chi connectivity index (χ1v) is 6.37. The molecule has 106 valence electrons. The highest BCUT2D eigenvalue weighted by molar-refractivity contribution is 5.85. The molecule has 1 unspecified atom stereocenters. The Bertz CT molecular complexity index is 612. The molecule has 0 spiro atoms. The van der Waals surface area contributed by atoms with Crippen molar-refractivity contribution in [2.45, 2.75) is 13.0 Å². The van der Waals surface area contributed by atoms with Gasteiger partial charge in [-0.1, -0.05) is 0 Å². The molecule has 0 amide bonds. The molecule has 2 aromatic rings. The molecule has 5 nitrogen and oxygen atoms in total. The SMILES string of the molecule is CC(O)CNc1ccc(N)cc1-c1cc(N)ccc1O. The van der Waals surface area contributed by atoms with E-state index in [1.807, 2.05) is 6.07 Å². The predicted octanol–water partition coefficient (Wildman–Crippen LogP) is 2.02. The summed E-state index contributed by atoms with van der Waals surface area (Å²) in [5, 5.41) is 22.5. The van der Waals surface area contributed by atoms with Crippen LogP contribution in [0.4, 0.5) is 17.1 Å². The molecule has 0 radical (unpaired) electrons. The third-order valence-electron chi connectivity index (χ3n) is 2.94. The third-order valence-corrected chi connectivity index (χ3v) is 2.94. The molecular weight excluding hydrogens is 254 g/mol. The summed E-state index contributed by atoms with van der Waals surface area (Å²) in [6, 6.07) is 10.2. The number of benzene rings is 2. The zero-order valence-electron chi connectivity index (χ0n) is 11.3. The van der Waals surface area contributed by atoms with Gasteiger partial charge in [0.25, 0.3) is 0 Å². The first kappa shape index (κ1) is 14.0. The van der Waals surface area contributed by atoms with Crippen molar-refractivity contribution in [3.8, 4) is 16.9 Å². The van der Waals surface area contributed by atoms with E-state index in [0.29, 0.717) is 23.5 Å². The van der Waals surface area contributed by atoms with E-state index >= 15 is 0 Å². The lowest BCUT2D eigenvalue weighted by Crippen LogP contribution is -2.15. The Morgan fingerprint density at radius 2 is 1.65 bits per heavy atom. The second-order valence-electron chi connectivity index (χ2n) is 4.81. The highest BCUT2D eigenvalue weighted by Crippen LogP contribution is 2.36. The Morgan fingerprint density at radius 3 is 2.30 bits per heavy atom. The highest BCUT2D eigenvalue weighted by Gasteiger charge is 2.11. The molecule has 5 heteroatoms. The van der Waals surface area contributed by atoms with Gasteiger partial charge in [0.05, 0.1) is 6.10 Å². The summed E-state index contributed by atoms with van der Waals surface area (Å²) in [6.07, 6.45) is -0.477.